The van der Waals surface area contributed by atoms with E-state index in [0.29, 0.717) is 21.6 Å². The average molecular weight is 674 g/mol. The number of esters is 1. The zero-order valence-electron chi connectivity index (χ0n) is 25.6. The lowest BCUT2D eigenvalue weighted by Gasteiger charge is -2.19. The van der Waals surface area contributed by atoms with Gasteiger partial charge in [0.15, 0.2) is 0 Å². The Morgan fingerprint density at radius 2 is 1.33 bits per heavy atom. The van der Waals surface area contributed by atoms with Crippen LogP contribution in [0, 0.1) is 5.82 Å². The van der Waals surface area contributed by atoms with E-state index in [1.54, 1.807) is 54.6 Å². The van der Waals surface area contributed by atoms with E-state index >= 15 is 0 Å². The first-order valence-electron chi connectivity index (χ1n) is 14.9. The molecule has 0 bridgehead atoms. The second-order valence-corrected chi connectivity index (χ2v) is 12.3. The number of nitrogens with zero attached hydrogens (tertiary/aromatic N) is 2. The highest BCUT2D eigenvalue weighted by Gasteiger charge is 2.28. The molecular formula is C35H32FN3O8S. The van der Waals surface area contributed by atoms with E-state index in [1.165, 1.54) is 24.3 Å². The lowest BCUT2D eigenvalue weighted by molar-refractivity contribution is -0.147. The van der Waals surface area contributed by atoms with Gasteiger partial charge in [-0.25, -0.2) is 13.2 Å². The molecular weight excluding hydrogens is 641 g/mol. The van der Waals surface area contributed by atoms with Crippen LogP contribution in [-0.4, -0.2) is 29.6 Å². The highest BCUT2D eigenvalue weighted by molar-refractivity contribution is 7.89. The second-order valence-electron chi connectivity index (χ2n) is 10.6. The third-order valence-corrected chi connectivity index (χ3v) is 8.58. The number of halogens is 1. The van der Waals surface area contributed by atoms with Crippen molar-refractivity contribution in [2.75, 3.05) is 0 Å². The number of carbonyl (C=O) groups is 1. The molecule has 0 saturated carbocycles. The zero-order chi connectivity index (χ0) is 33.9. The van der Waals surface area contributed by atoms with Gasteiger partial charge in [-0.3, -0.25) is 18.7 Å². The summed E-state index contributed by atoms with van der Waals surface area (Å²) in [6.45, 7) is -0.894. The summed E-state index contributed by atoms with van der Waals surface area (Å²) in [4.78, 5) is 38.9. The minimum Gasteiger partial charge on any atom is -0.460 e. The number of ether oxygens (including phenoxy) is 3. The predicted octanol–water partition coefficient (Wildman–Crippen LogP) is 4.60. The van der Waals surface area contributed by atoms with E-state index in [-0.39, 0.29) is 24.8 Å². The van der Waals surface area contributed by atoms with Crippen LogP contribution in [0.25, 0.3) is 0 Å². The fourth-order valence-electron chi connectivity index (χ4n) is 4.62. The smallest absolute Gasteiger partial charge is 0.333 e. The van der Waals surface area contributed by atoms with E-state index in [0.717, 1.165) is 16.3 Å². The van der Waals surface area contributed by atoms with Crippen LogP contribution >= 0.6 is 0 Å². The van der Waals surface area contributed by atoms with Gasteiger partial charge >= 0.3 is 11.7 Å². The van der Waals surface area contributed by atoms with E-state index in [1.807, 2.05) is 36.4 Å². The standard InChI is InChI=1S/C35H32FN3O8S/c36-31-22-38(25-45-23-26-10-4-1-5-11-26)35(42)39(33(31)40)21-20-32(34(41)46-24-27-12-6-2-7-13-27)37-48(43,44)30-18-16-29(17-19-30)47-28-14-8-3-9-15-28/h1-19,22,32,37H,20-21,23-25H2. The Bertz CT molecular complexity index is 2040. The maximum atomic E-state index is 14.7. The lowest BCUT2D eigenvalue weighted by atomic mass is 10.2. The topological polar surface area (TPSA) is 135 Å². The Labute approximate surface area is 275 Å². The fraction of sp³-hybridized carbons (Fsp3) is 0.171. The van der Waals surface area contributed by atoms with Gasteiger partial charge in [0.1, 0.15) is 30.9 Å². The zero-order valence-corrected chi connectivity index (χ0v) is 26.4. The summed E-state index contributed by atoms with van der Waals surface area (Å²) in [6.07, 6.45) is 0.331. The van der Waals surface area contributed by atoms with Gasteiger partial charge in [0.2, 0.25) is 15.8 Å². The molecule has 13 heteroatoms. The molecule has 248 valence electrons. The first kappa shape index (κ1) is 34.0. The third-order valence-electron chi connectivity index (χ3n) is 7.10. The van der Waals surface area contributed by atoms with Crippen molar-refractivity contribution in [3.05, 3.63) is 159 Å². The van der Waals surface area contributed by atoms with Crippen LogP contribution in [0.15, 0.2) is 136 Å². The Balaban J connectivity index is 1.33. The molecule has 0 radical (unpaired) electrons. The molecule has 1 heterocycles. The molecule has 1 unspecified atom stereocenters. The van der Waals surface area contributed by atoms with Gasteiger partial charge in [0, 0.05) is 6.54 Å². The summed E-state index contributed by atoms with van der Waals surface area (Å²) >= 11 is 0. The molecule has 0 spiro atoms. The number of carbonyl (C=O) groups excluding carboxylic acids is 1. The number of rotatable bonds is 15. The molecule has 5 rings (SSSR count). The van der Waals surface area contributed by atoms with Crippen LogP contribution in [0.2, 0.25) is 0 Å². The summed E-state index contributed by atoms with van der Waals surface area (Å²) in [5.41, 5.74) is -0.654. The Morgan fingerprint density at radius 1 is 0.771 bits per heavy atom. The maximum Gasteiger partial charge on any atom is 0.333 e. The molecule has 4 aromatic carbocycles. The number of para-hydroxylation sites is 1. The van der Waals surface area contributed by atoms with Crippen molar-refractivity contribution < 1.29 is 31.8 Å². The molecule has 11 nitrogen and oxygen atoms in total. The van der Waals surface area contributed by atoms with Gasteiger partial charge < -0.3 is 14.2 Å². The Kier molecular flexibility index (Phi) is 11.3. The molecule has 1 atom stereocenters. The van der Waals surface area contributed by atoms with Crippen molar-refractivity contribution in [3.8, 4) is 11.5 Å². The van der Waals surface area contributed by atoms with Crippen LogP contribution < -0.4 is 20.7 Å². The van der Waals surface area contributed by atoms with Crippen molar-refractivity contribution in [2.45, 2.75) is 43.8 Å². The van der Waals surface area contributed by atoms with Crippen molar-refractivity contribution in [1.29, 1.82) is 0 Å². The summed E-state index contributed by atoms with van der Waals surface area (Å²) < 4.78 is 61.9. The summed E-state index contributed by atoms with van der Waals surface area (Å²) in [6, 6.07) is 30.7. The van der Waals surface area contributed by atoms with Crippen molar-refractivity contribution in [1.82, 2.24) is 13.9 Å². The van der Waals surface area contributed by atoms with Crippen molar-refractivity contribution in [2.24, 2.45) is 0 Å². The maximum absolute atomic E-state index is 14.7. The molecule has 5 aromatic rings. The summed E-state index contributed by atoms with van der Waals surface area (Å²) in [7, 11) is -4.33. The number of hydrogen-bond donors (Lipinski definition) is 1. The van der Waals surface area contributed by atoms with Crippen LogP contribution in [0.1, 0.15) is 17.5 Å². The normalized spacial score (nSPS) is 11.9. The third kappa shape index (κ3) is 9.12. The highest BCUT2D eigenvalue weighted by atomic mass is 32.2. The fourth-order valence-corrected chi connectivity index (χ4v) is 5.84. The first-order chi connectivity index (χ1) is 23.2. The van der Waals surface area contributed by atoms with Gasteiger partial charge in [-0.05, 0) is 53.9 Å². The lowest BCUT2D eigenvalue weighted by Crippen LogP contribution is -2.46. The molecule has 48 heavy (non-hydrogen) atoms. The molecule has 0 aliphatic carbocycles. The van der Waals surface area contributed by atoms with E-state index in [2.05, 4.69) is 4.72 Å². The SMILES string of the molecule is O=C(OCc1ccccc1)C(CCn1c(=O)c(F)cn(COCc2ccccc2)c1=O)NS(=O)(=O)c1ccc(Oc2ccccc2)cc1. The number of nitrogens with one attached hydrogen (secondary N) is 1. The van der Waals surface area contributed by atoms with Crippen molar-refractivity contribution in [3.63, 3.8) is 0 Å². The van der Waals surface area contributed by atoms with Gasteiger partial charge in [-0.1, -0.05) is 78.9 Å². The molecule has 0 fully saturated rings. The summed E-state index contributed by atoms with van der Waals surface area (Å²) in [5, 5.41) is 0. The minimum atomic E-state index is -4.33. The predicted molar refractivity (Wildman–Crippen MR) is 174 cm³/mol. The van der Waals surface area contributed by atoms with Gasteiger partial charge in [-0.15, -0.1) is 0 Å². The monoisotopic (exact) mass is 673 g/mol. The number of benzene rings is 4. The number of aromatic nitrogens is 2. The van der Waals surface area contributed by atoms with Gasteiger partial charge in [0.05, 0.1) is 17.7 Å². The molecule has 1 aromatic heterocycles. The Morgan fingerprint density at radius 3 is 1.96 bits per heavy atom. The minimum absolute atomic E-state index is 0.129. The van der Waals surface area contributed by atoms with Crippen LogP contribution in [-0.2, 0) is 50.8 Å². The van der Waals surface area contributed by atoms with Crippen LogP contribution in [0.3, 0.4) is 0 Å². The van der Waals surface area contributed by atoms with E-state index in [4.69, 9.17) is 14.2 Å². The summed E-state index contributed by atoms with van der Waals surface area (Å²) in [5.74, 6) is -1.24. The molecule has 0 amide bonds. The van der Waals surface area contributed by atoms with E-state index < -0.39 is 52.1 Å². The molecule has 0 saturated heterocycles. The van der Waals surface area contributed by atoms with Gasteiger partial charge in [-0.2, -0.15) is 9.11 Å². The quantitative estimate of drug-likeness (QED) is 0.160. The molecule has 0 aliphatic rings. The van der Waals surface area contributed by atoms with E-state index in [9.17, 15) is 27.2 Å². The highest BCUT2D eigenvalue weighted by Crippen LogP contribution is 2.23. The number of hydrogen-bond acceptors (Lipinski definition) is 8. The molecule has 1 N–H and O–H groups in total. The van der Waals surface area contributed by atoms with Crippen molar-refractivity contribution >= 4 is 16.0 Å². The van der Waals surface area contributed by atoms with Crippen LogP contribution in [0.5, 0.6) is 11.5 Å². The Hall–Kier alpha value is -5.37. The van der Waals surface area contributed by atoms with Gasteiger partial charge in [0.25, 0.3) is 5.56 Å². The number of sulfonamides is 1. The second kappa shape index (κ2) is 16.0. The largest absolute Gasteiger partial charge is 0.460 e. The van der Waals surface area contributed by atoms with Crippen LogP contribution in [0.4, 0.5) is 4.39 Å². The first-order valence-corrected chi connectivity index (χ1v) is 16.4. The molecule has 0 aliphatic heterocycles. The average Bonchev–Trinajstić information content (AvgIpc) is 3.10.